The van der Waals surface area contributed by atoms with E-state index < -0.39 is 0 Å². The molecule has 2 heterocycles. The standard InChI is InChI=1S/C23H25N3O2/c27-23(19-8-3-1-4-9-19)24-18-21(22-12-7-17-28-22)26-15-13-25(14-16-26)20-10-5-2-6-11-20/h1-12,17,21H,13-16,18H2,(H,24,27)/p+1/t21-/m0/s1. The summed E-state index contributed by atoms with van der Waals surface area (Å²) in [7, 11) is 0. The molecule has 5 nitrogen and oxygen atoms in total. The van der Waals surface area contributed by atoms with Gasteiger partial charge in [-0.3, -0.25) is 4.79 Å². The van der Waals surface area contributed by atoms with Crippen molar-refractivity contribution in [1.29, 1.82) is 0 Å². The lowest BCUT2D eigenvalue weighted by molar-refractivity contribution is -0.932. The fourth-order valence-corrected chi connectivity index (χ4v) is 3.86. The summed E-state index contributed by atoms with van der Waals surface area (Å²) >= 11 is 0. The van der Waals surface area contributed by atoms with Gasteiger partial charge in [-0.15, -0.1) is 0 Å². The molecule has 0 bridgehead atoms. The van der Waals surface area contributed by atoms with Crippen molar-refractivity contribution in [3.8, 4) is 0 Å². The minimum atomic E-state index is -0.0422. The third kappa shape index (κ3) is 4.26. The summed E-state index contributed by atoms with van der Waals surface area (Å²) in [5, 5.41) is 3.09. The number of carbonyl (C=O) groups excluding carboxylic acids is 1. The van der Waals surface area contributed by atoms with E-state index in [1.54, 1.807) is 6.26 Å². The lowest BCUT2D eigenvalue weighted by Crippen LogP contribution is -3.15. The number of piperazine rings is 1. The van der Waals surface area contributed by atoms with Gasteiger partial charge in [0.05, 0.1) is 39.0 Å². The minimum Gasteiger partial charge on any atom is -0.463 e. The van der Waals surface area contributed by atoms with Crippen LogP contribution in [-0.4, -0.2) is 38.6 Å². The van der Waals surface area contributed by atoms with Crippen LogP contribution in [0, 0.1) is 0 Å². The molecule has 1 aromatic heterocycles. The van der Waals surface area contributed by atoms with E-state index >= 15 is 0 Å². The molecule has 0 aliphatic carbocycles. The van der Waals surface area contributed by atoms with E-state index in [0.717, 1.165) is 31.9 Å². The first-order valence-corrected chi connectivity index (χ1v) is 9.82. The Morgan fingerprint density at radius 2 is 1.64 bits per heavy atom. The largest absolute Gasteiger partial charge is 0.463 e. The Kier molecular flexibility index (Phi) is 5.73. The SMILES string of the molecule is O=C(NC[C@@H](c1ccco1)[NH+]1CCN(c2ccccc2)CC1)c1ccccc1. The highest BCUT2D eigenvalue weighted by Gasteiger charge is 2.31. The monoisotopic (exact) mass is 376 g/mol. The molecule has 4 rings (SSSR count). The van der Waals surface area contributed by atoms with Gasteiger partial charge in [0.15, 0.2) is 11.8 Å². The molecular weight excluding hydrogens is 350 g/mol. The Hall–Kier alpha value is -3.05. The number of hydrogen-bond donors (Lipinski definition) is 2. The molecule has 2 N–H and O–H groups in total. The molecule has 1 atom stereocenters. The van der Waals surface area contributed by atoms with Crippen LogP contribution in [0.2, 0.25) is 0 Å². The quantitative estimate of drug-likeness (QED) is 0.693. The molecule has 0 saturated carbocycles. The average Bonchev–Trinajstić information content (AvgIpc) is 3.30. The fourth-order valence-electron chi connectivity index (χ4n) is 3.86. The van der Waals surface area contributed by atoms with Crippen molar-refractivity contribution < 1.29 is 14.1 Å². The molecular formula is C23H26N3O2+. The highest BCUT2D eigenvalue weighted by Crippen LogP contribution is 2.15. The first kappa shape index (κ1) is 18.3. The second kappa shape index (κ2) is 8.76. The lowest BCUT2D eigenvalue weighted by Gasteiger charge is -2.37. The van der Waals surface area contributed by atoms with Gasteiger partial charge in [-0.05, 0) is 36.4 Å². The van der Waals surface area contributed by atoms with Crippen LogP contribution < -0.4 is 15.1 Å². The molecule has 0 spiro atoms. The maximum absolute atomic E-state index is 12.5. The number of anilines is 1. The smallest absolute Gasteiger partial charge is 0.251 e. The topological polar surface area (TPSA) is 49.9 Å². The van der Waals surface area contributed by atoms with Gasteiger partial charge in [-0.25, -0.2) is 0 Å². The van der Waals surface area contributed by atoms with Crippen LogP contribution in [-0.2, 0) is 0 Å². The number of carbonyl (C=O) groups is 1. The summed E-state index contributed by atoms with van der Waals surface area (Å²) in [6.07, 6.45) is 1.71. The van der Waals surface area contributed by atoms with Gasteiger partial charge in [0.1, 0.15) is 0 Å². The lowest BCUT2D eigenvalue weighted by atomic mass is 10.1. The van der Waals surface area contributed by atoms with Crippen LogP contribution in [0.15, 0.2) is 83.5 Å². The van der Waals surface area contributed by atoms with Gasteiger partial charge in [-0.1, -0.05) is 36.4 Å². The Balaban J connectivity index is 1.41. The summed E-state index contributed by atoms with van der Waals surface area (Å²) in [6, 6.07) is 23.9. The number of benzene rings is 2. The predicted octanol–water partition coefficient (Wildman–Crippen LogP) is 2.16. The van der Waals surface area contributed by atoms with E-state index in [-0.39, 0.29) is 11.9 Å². The zero-order valence-corrected chi connectivity index (χ0v) is 15.9. The molecule has 1 aliphatic rings. The number of hydrogen-bond acceptors (Lipinski definition) is 3. The minimum absolute atomic E-state index is 0.0422. The van der Waals surface area contributed by atoms with Crippen molar-refractivity contribution >= 4 is 11.6 Å². The molecule has 0 radical (unpaired) electrons. The van der Waals surface area contributed by atoms with E-state index in [2.05, 4.69) is 34.5 Å². The normalized spacial score (nSPS) is 15.9. The number of para-hydroxylation sites is 1. The molecule has 0 unspecified atom stereocenters. The van der Waals surface area contributed by atoms with Crippen molar-refractivity contribution in [3.63, 3.8) is 0 Å². The van der Waals surface area contributed by atoms with Crippen molar-refractivity contribution in [1.82, 2.24) is 5.32 Å². The third-order valence-electron chi connectivity index (χ3n) is 5.41. The van der Waals surface area contributed by atoms with Crippen LogP contribution in [0.3, 0.4) is 0 Å². The maximum atomic E-state index is 12.5. The summed E-state index contributed by atoms with van der Waals surface area (Å²) in [4.78, 5) is 16.3. The predicted molar refractivity (Wildman–Crippen MR) is 110 cm³/mol. The third-order valence-corrected chi connectivity index (χ3v) is 5.41. The van der Waals surface area contributed by atoms with Crippen LogP contribution in [0.5, 0.6) is 0 Å². The Morgan fingerprint density at radius 1 is 0.964 bits per heavy atom. The fraction of sp³-hybridized carbons (Fsp3) is 0.261. The van der Waals surface area contributed by atoms with Crippen LogP contribution in [0.1, 0.15) is 22.2 Å². The van der Waals surface area contributed by atoms with Crippen molar-refractivity contribution in [2.24, 2.45) is 0 Å². The summed E-state index contributed by atoms with van der Waals surface area (Å²) in [5.41, 5.74) is 1.96. The van der Waals surface area contributed by atoms with Crippen molar-refractivity contribution in [2.45, 2.75) is 6.04 Å². The number of quaternary nitrogens is 1. The zero-order valence-electron chi connectivity index (χ0n) is 15.9. The number of nitrogens with zero attached hydrogens (tertiary/aromatic N) is 1. The van der Waals surface area contributed by atoms with E-state index in [1.807, 2.05) is 48.5 Å². The number of furan rings is 1. The Bertz CT molecular complexity index is 857. The first-order valence-electron chi connectivity index (χ1n) is 9.82. The summed E-state index contributed by atoms with van der Waals surface area (Å²) in [5.74, 6) is 0.885. The number of amides is 1. The molecule has 1 aliphatic heterocycles. The first-order chi connectivity index (χ1) is 13.8. The molecule has 144 valence electrons. The van der Waals surface area contributed by atoms with Crippen LogP contribution in [0.25, 0.3) is 0 Å². The molecule has 1 saturated heterocycles. The summed E-state index contributed by atoms with van der Waals surface area (Å²) < 4.78 is 5.71. The summed E-state index contributed by atoms with van der Waals surface area (Å²) in [6.45, 7) is 4.54. The van der Waals surface area contributed by atoms with Gasteiger partial charge in [-0.2, -0.15) is 0 Å². The molecule has 1 fully saturated rings. The van der Waals surface area contributed by atoms with E-state index in [0.29, 0.717) is 12.1 Å². The van der Waals surface area contributed by atoms with Crippen LogP contribution >= 0.6 is 0 Å². The second-order valence-electron chi connectivity index (χ2n) is 7.12. The number of nitrogens with one attached hydrogen (secondary N) is 2. The average molecular weight is 376 g/mol. The maximum Gasteiger partial charge on any atom is 0.251 e. The molecule has 5 heteroatoms. The van der Waals surface area contributed by atoms with Gasteiger partial charge in [0.25, 0.3) is 5.91 Å². The molecule has 1 amide bonds. The van der Waals surface area contributed by atoms with Crippen molar-refractivity contribution in [2.75, 3.05) is 37.6 Å². The van der Waals surface area contributed by atoms with Gasteiger partial charge >= 0.3 is 0 Å². The zero-order chi connectivity index (χ0) is 19.2. The Labute approximate surface area is 165 Å². The molecule has 2 aromatic carbocycles. The molecule has 3 aromatic rings. The number of rotatable bonds is 6. The van der Waals surface area contributed by atoms with Crippen LogP contribution in [0.4, 0.5) is 5.69 Å². The Morgan fingerprint density at radius 3 is 2.29 bits per heavy atom. The van der Waals surface area contributed by atoms with Gasteiger partial charge in [0.2, 0.25) is 0 Å². The van der Waals surface area contributed by atoms with Gasteiger partial charge in [0, 0.05) is 11.3 Å². The van der Waals surface area contributed by atoms with Crippen molar-refractivity contribution in [3.05, 3.63) is 90.4 Å². The highest BCUT2D eigenvalue weighted by atomic mass is 16.3. The van der Waals surface area contributed by atoms with Gasteiger partial charge < -0.3 is 19.5 Å². The molecule has 28 heavy (non-hydrogen) atoms. The van der Waals surface area contributed by atoms with E-state index in [4.69, 9.17) is 4.42 Å². The van der Waals surface area contributed by atoms with E-state index in [9.17, 15) is 4.79 Å². The highest BCUT2D eigenvalue weighted by molar-refractivity contribution is 5.94. The second-order valence-corrected chi connectivity index (χ2v) is 7.12. The van der Waals surface area contributed by atoms with E-state index in [1.165, 1.54) is 10.6 Å².